The molecule has 0 saturated carbocycles. The van der Waals surface area contributed by atoms with Crippen LogP contribution in [0.15, 0.2) is 42.6 Å². The predicted octanol–water partition coefficient (Wildman–Crippen LogP) is 1.98. The Labute approximate surface area is 152 Å². The zero-order valence-corrected chi connectivity index (χ0v) is 15.0. The van der Waals surface area contributed by atoms with Crippen LogP contribution in [0.3, 0.4) is 0 Å². The number of nitrogens with zero attached hydrogens (tertiary/aromatic N) is 3. The maximum absolute atomic E-state index is 12.8. The zero-order valence-electron chi connectivity index (χ0n) is 15.0. The van der Waals surface area contributed by atoms with Crippen molar-refractivity contribution in [3.8, 4) is 11.6 Å². The van der Waals surface area contributed by atoms with E-state index in [2.05, 4.69) is 4.98 Å². The molecule has 1 aromatic carbocycles. The third-order valence-electron chi connectivity index (χ3n) is 4.41. The molecule has 7 heteroatoms. The Kier molecular flexibility index (Phi) is 5.06. The van der Waals surface area contributed by atoms with Crippen LogP contribution in [-0.4, -0.2) is 55.0 Å². The number of para-hydroxylation sites is 2. The minimum absolute atomic E-state index is 0.00267. The molecule has 0 radical (unpaired) electrons. The van der Waals surface area contributed by atoms with E-state index in [1.54, 1.807) is 29.0 Å². The van der Waals surface area contributed by atoms with Crippen LogP contribution in [0.4, 0.5) is 5.69 Å². The second-order valence-electron chi connectivity index (χ2n) is 6.05. The fourth-order valence-corrected chi connectivity index (χ4v) is 3.03. The summed E-state index contributed by atoms with van der Waals surface area (Å²) in [6.45, 7) is 2.32. The molecule has 0 N–H and O–H groups in total. The normalized spacial score (nSPS) is 17.2. The molecule has 3 rings (SSSR count). The van der Waals surface area contributed by atoms with Crippen LogP contribution in [0.25, 0.3) is 0 Å². The van der Waals surface area contributed by atoms with Crippen LogP contribution in [-0.2, 0) is 4.79 Å². The molecule has 136 valence electrons. The van der Waals surface area contributed by atoms with E-state index in [4.69, 9.17) is 9.47 Å². The van der Waals surface area contributed by atoms with E-state index < -0.39 is 0 Å². The Morgan fingerprint density at radius 3 is 2.69 bits per heavy atom. The number of methoxy groups -OCH3 is 2. The predicted molar refractivity (Wildman–Crippen MR) is 96.6 cm³/mol. The molecule has 1 aliphatic heterocycles. The number of piperazine rings is 1. The van der Waals surface area contributed by atoms with E-state index in [-0.39, 0.29) is 24.4 Å². The first-order valence-corrected chi connectivity index (χ1v) is 8.29. The van der Waals surface area contributed by atoms with Gasteiger partial charge < -0.3 is 19.3 Å². The van der Waals surface area contributed by atoms with Crippen LogP contribution >= 0.6 is 0 Å². The minimum Gasteiger partial charge on any atom is -0.495 e. The van der Waals surface area contributed by atoms with E-state index >= 15 is 0 Å². The van der Waals surface area contributed by atoms with Crippen molar-refractivity contribution in [3.05, 3.63) is 48.2 Å². The summed E-state index contributed by atoms with van der Waals surface area (Å²) in [6.07, 6.45) is 1.52. The summed E-state index contributed by atoms with van der Waals surface area (Å²) >= 11 is 0. The Bertz CT molecular complexity index is 824. The number of anilines is 1. The first-order chi connectivity index (χ1) is 12.5. The molecule has 1 unspecified atom stereocenters. The highest BCUT2D eigenvalue weighted by Gasteiger charge is 2.34. The zero-order chi connectivity index (χ0) is 18.7. The third kappa shape index (κ3) is 3.33. The molecule has 0 spiro atoms. The van der Waals surface area contributed by atoms with Gasteiger partial charge in [-0.25, -0.2) is 4.98 Å². The van der Waals surface area contributed by atoms with Crippen molar-refractivity contribution in [2.45, 2.75) is 13.0 Å². The van der Waals surface area contributed by atoms with Crippen molar-refractivity contribution in [1.82, 2.24) is 9.88 Å². The van der Waals surface area contributed by atoms with Crippen molar-refractivity contribution in [2.24, 2.45) is 0 Å². The van der Waals surface area contributed by atoms with Crippen molar-refractivity contribution in [1.29, 1.82) is 0 Å². The van der Waals surface area contributed by atoms with Gasteiger partial charge in [-0.05, 0) is 25.1 Å². The first-order valence-electron chi connectivity index (χ1n) is 8.29. The van der Waals surface area contributed by atoms with E-state index in [0.717, 1.165) is 0 Å². The molecule has 0 aliphatic carbocycles. The molecule has 26 heavy (non-hydrogen) atoms. The quantitative estimate of drug-likeness (QED) is 0.839. The first kappa shape index (κ1) is 17.7. The number of carbonyl (C=O) groups is 2. The van der Waals surface area contributed by atoms with Crippen LogP contribution in [0.2, 0.25) is 0 Å². The molecular formula is C19H21N3O4. The highest BCUT2D eigenvalue weighted by Crippen LogP contribution is 2.30. The van der Waals surface area contributed by atoms with Gasteiger partial charge in [0.25, 0.3) is 5.91 Å². The lowest BCUT2D eigenvalue weighted by Gasteiger charge is -2.39. The van der Waals surface area contributed by atoms with Gasteiger partial charge in [0.2, 0.25) is 11.8 Å². The lowest BCUT2D eigenvalue weighted by atomic mass is 10.1. The number of amides is 2. The van der Waals surface area contributed by atoms with E-state index in [9.17, 15) is 9.59 Å². The Hall–Kier alpha value is -3.09. The summed E-state index contributed by atoms with van der Waals surface area (Å²) < 4.78 is 10.4. The number of hydrogen-bond acceptors (Lipinski definition) is 5. The Balaban J connectivity index is 1.82. The van der Waals surface area contributed by atoms with Crippen molar-refractivity contribution >= 4 is 17.5 Å². The molecule has 7 nitrogen and oxygen atoms in total. The van der Waals surface area contributed by atoms with Crippen LogP contribution in [0.1, 0.15) is 17.3 Å². The summed E-state index contributed by atoms with van der Waals surface area (Å²) in [5.41, 5.74) is 1.16. The minimum atomic E-state index is -0.216. The summed E-state index contributed by atoms with van der Waals surface area (Å²) in [5.74, 6) is 0.627. The van der Waals surface area contributed by atoms with Gasteiger partial charge in [0.05, 0.1) is 19.9 Å². The van der Waals surface area contributed by atoms with Gasteiger partial charge in [-0.3, -0.25) is 9.59 Å². The van der Waals surface area contributed by atoms with Crippen LogP contribution < -0.4 is 14.4 Å². The van der Waals surface area contributed by atoms with Gasteiger partial charge in [-0.15, -0.1) is 0 Å². The maximum atomic E-state index is 12.8. The number of pyridine rings is 1. The van der Waals surface area contributed by atoms with Gasteiger partial charge >= 0.3 is 0 Å². The highest BCUT2D eigenvalue weighted by molar-refractivity contribution is 6.02. The SMILES string of the molecule is COc1cc(C(=O)N2CC(=O)N(c3ccccc3OC)CC2C)ccn1. The van der Waals surface area contributed by atoms with Gasteiger partial charge in [0, 0.05) is 30.4 Å². The molecule has 1 aromatic heterocycles. The molecule has 2 amide bonds. The molecule has 2 aromatic rings. The molecule has 0 bridgehead atoms. The van der Waals surface area contributed by atoms with Crippen molar-refractivity contribution < 1.29 is 19.1 Å². The lowest BCUT2D eigenvalue weighted by Crippen LogP contribution is -2.57. The Morgan fingerprint density at radius 1 is 1.19 bits per heavy atom. The second kappa shape index (κ2) is 7.43. The average Bonchev–Trinajstić information content (AvgIpc) is 2.68. The number of carbonyl (C=O) groups excluding carboxylic acids is 2. The Morgan fingerprint density at radius 2 is 1.96 bits per heavy atom. The number of rotatable bonds is 4. The van der Waals surface area contributed by atoms with Crippen LogP contribution in [0, 0.1) is 0 Å². The summed E-state index contributed by atoms with van der Waals surface area (Å²) in [6, 6.07) is 10.4. The second-order valence-corrected chi connectivity index (χ2v) is 6.05. The van der Waals surface area contributed by atoms with Gasteiger partial charge in [-0.2, -0.15) is 0 Å². The molecule has 1 saturated heterocycles. The van der Waals surface area contributed by atoms with E-state index in [1.807, 2.05) is 31.2 Å². The largest absolute Gasteiger partial charge is 0.495 e. The standard InChI is InChI=1S/C19H21N3O4/c1-13-11-22(15-6-4-5-7-16(15)25-2)18(23)12-21(13)19(24)14-8-9-20-17(10-14)26-3/h4-10,13H,11-12H2,1-3H3. The number of aromatic nitrogens is 1. The summed E-state index contributed by atoms with van der Waals surface area (Å²) in [7, 11) is 3.07. The number of ether oxygens (including phenoxy) is 2. The van der Waals surface area contributed by atoms with Crippen molar-refractivity contribution in [3.63, 3.8) is 0 Å². The lowest BCUT2D eigenvalue weighted by molar-refractivity contribution is -0.121. The van der Waals surface area contributed by atoms with E-state index in [0.29, 0.717) is 29.4 Å². The molecule has 2 heterocycles. The monoisotopic (exact) mass is 355 g/mol. The number of hydrogen-bond donors (Lipinski definition) is 0. The maximum Gasteiger partial charge on any atom is 0.254 e. The number of benzene rings is 1. The summed E-state index contributed by atoms with van der Waals surface area (Å²) in [4.78, 5) is 32.8. The fourth-order valence-electron chi connectivity index (χ4n) is 3.03. The highest BCUT2D eigenvalue weighted by atomic mass is 16.5. The van der Waals surface area contributed by atoms with Crippen LogP contribution in [0.5, 0.6) is 11.6 Å². The summed E-state index contributed by atoms with van der Waals surface area (Å²) in [5, 5.41) is 0. The molecule has 1 atom stereocenters. The third-order valence-corrected chi connectivity index (χ3v) is 4.41. The van der Waals surface area contributed by atoms with Gasteiger partial charge in [0.15, 0.2) is 0 Å². The topological polar surface area (TPSA) is 72.0 Å². The van der Waals surface area contributed by atoms with Crippen molar-refractivity contribution in [2.75, 3.05) is 32.2 Å². The average molecular weight is 355 g/mol. The molecule has 1 fully saturated rings. The van der Waals surface area contributed by atoms with E-state index in [1.165, 1.54) is 13.3 Å². The van der Waals surface area contributed by atoms with Gasteiger partial charge in [-0.1, -0.05) is 12.1 Å². The fraction of sp³-hybridized carbons (Fsp3) is 0.316. The smallest absolute Gasteiger partial charge is 0.254 e. The van der Waals surface area contributed by atoms with Gasteiger partial charge in [0.1, 0.15) is 12.3 Å². The molecule has 1 aliphatic rings. The molecular weight excluding hydrogens is 334 g/mol.